The lowest BCUT2D eigenvalue weighted by molar-refractivity contribution is -0.123. The fourth-order valence-electron chi connectivity index (χ4n) is 2.41. The van der Waals surface area contributed by atoms with Crippen LogP contribution in [0.4, 0.5) is 15.8 Å². The fourth-order valence-corrected chi connectivity index (χ4v) is 2.41. The highest BCUT2D eigenvalue weighted by Crippen LogP contribution is 2.32. The molecule has 2 N–H and O–H groups in total. The summed E-state index contributed by atoms with van der Waals surface area (Å²) in [5.41, 5.74) is 1.95. The molecule has 1 aliphatic heterocycles. The first-order valence-electron chi connectivity index (χ1n) is 6.59. The standard InChI is InChI=1S/C16H13FN2O2/c17-10-5-7-11(8-6-10)18-16(21)13-9-15(20)19-14-4-2-1-3-12(13)14/h1-8,13H,9H2,(H,18,21)(H,19,20)/t13-/m1/s1. The molecule has 1 atom stereocenters. The van der Waals surface area contributed by atoms with Crippen LogP contribution in [-0.4, -0.2) is 11.8 Å². The second kappa shape index (κ2) is 5.36. The molecule has 1 aliphatic rings. The summed E-state index contributed by atoms with van der Waals surface area (Å²) >= 11 is 0. The largest absolute Gasteiger partial charge is 0.326 e. The monoisotopic (exact) mass is 284 g/mol. The van der Waals surface area contributed by atoms with Crippen molar-refractivity contribution < 1.29 is 14.0 Å². The number of fused-ring (bicyclic) bond motifs is 1. The van der Waals surface area contributed by atoms with E-state index in [-0.39, 0.29) is 24.1 Å². The molecule has 0 aromatic heterocycles. The van der Waals surface area contributed by atoms with Crippen LogP contribution >= 0.6 is 0 Å². The molecule has 0 aliphatic carbocycles. The number of carbonyl (C=O) groups excluding carboxylic acids is 2. The molecule has 0 fully saturated rings. The smallest absolute Gasteiger partial charge is 0.232 e. The SMILES string of the molecule is O=C1C[C@@H](C(=O)Nc2ccc(F)cc2)c2ccccc2N1. The zero-order valence-electron chi connectivity index (χ0n) is 11.1. The van der Waals surface area contributed by atoms with Crippen molar-refractivity contribution in [2.24, 2.45) is 0 Å². The predicted molar refractivity (Wildman–Crippen MR) is 77.5 cm³/mol. The summed E-state index contributed by atoms with van der Waals surface area (Å²) in [7, 11) is 0. The van der Waals surface area contributed by atoms with Gasteiger partial charge in [0.1, 0.15) is 5.82 Å². The van der Waals surface area contributed by atoms with E-state index in [0.29, 0.717) is 11.4 Å². The first-order chi connectivity index (χ1) is 10.1. The average Bonchev–Trinajstić information content (AvgIpc) is 2.48. The molecule has 0 saturated carbocycles. The predicted octanol–water partition coefficient (Wildman–Crippen LogP) is 2.89. The molecule has 3 rings (SSSR count). The summed E-state index contributed by atoms with van der Waals surface area (Å²) in [6.07, 6.45) is 0.101. The number of rotatable bonds is 2. The molecule has 0 bridgehead atoms. The van der Waals surface area contributed by atoms with Crippen molar-refractivity contribution in [3.05, 3.63) is 59.9 Å². The molecule has 21 heavy (non-hydrogen) atoms. The van der Waals surface area contributed by atoms with Crippen molar-refractivity contribution in [3.63, 3.8) is 0 Å². The third-order valence-electron chi connectivity index (χ3n) is 3.43. The molecular weight excluding hydrogens is 271 g/mol. The van der Waals surface area contributed by atoms with E-state index in [1.54, 1.807) is 12.1 Å². The van der Waals surface area contributed by atoms with Gasteiger partial charge in [-0.25, -0.2) is 4.39 Å². The van der Waals surface area contributed by atoms with Crippen molar-refractivity contribution in [1.82, 2.24) is 0 Å². The second-order valence-corrected chi connectivity index (χ2v) is 4.89. The van der Waals surface area contributed by atoms with E-state index < -0.39 is 5.92 Å². The van der Waals surface area contributed by atoms with Crippen molar-refractivity contribution >= 4 is 23.2 Å². The maximum absolute atomic E-state index is 12.9. The Bertz CT molecular complexity index is 698. The zero-order chi connectivity index (χ0) is 14.8. The van der Waals surface area contributed by atoms with E-state index in [9.17, 15) is 14.0 Å². The van der Waals surface area contributed by atoms with E-state index in [2.05, 4.69) is 10.6 Å². The van der Waals surface area contributed by atoms with E-state index in [1.165, 1.54) is 24.3 Å². The number of amides is 2. The number of hydrogen-bond acceptors (Lipinski definition) is 2. The van der Waals surface area contributed by atoms with Crippen molar-refractivity contribution in [1.29, 1.82) is 0 Å². The lowest BCUT2D eigenvalue weighted by Crippen LogP contribution is -2.30. The van der Waals surface area contributed by atoms with Gasteiger partial charge in [-0.2, -0.15) is 0 Å². The molecular formula is C16H13FN2O2. The molecule has 0 unspecified atom stereocenters. The van der Waals surface area contributed by atoms with Gasteiger partial charge in [-0.1, -0.05) is 18.2 Å². The molecule has 0 radical (unpaired) electrons. The Kier molecular flexibility index (Phi) is 3.39. The van der Waals surface area contributed by atoms with E-state index in [0.717, 1.165) is 5.56 Å². The molecule has 2 aromatic carbocycles. The van der Waals surface area contributed by atoms with Crippen LogP contribution in [0.5, 0.6) is 0 Å². The Hall–Kier alpha value is -2.69. The minimum atomic E-state index is -0.542. The summed E-state index contributed by atoms with van der Waals surface area (Å²) in [6.45, 7) is 0. The molecule has 0 saturated heterocycles. The van der Waals surface area contributed by atoms with Crippen LogP contribution in [0.1, 0.15) is 17.9 Å². The first-order valence-corrected chi connectivity index (χ1v) is 6.59. The van der Waals surface area contributed by atoms with Gasteiger partial charge < -0.3 is 10.6 Å². The van der Waals surface area contributed by atoms with Crippen molar-refractivity contribution in [2.45, 2.75) is 12.3 Å². The first kappa shape index (κ1) is 13.3. The summed E-state index contributed by atoms with van der Waals surface area (Å²) in [4.78, 5) is 24.1. The summed E-state index contributed by atoms with van der Waals surface area (Å²) in [6, 6.07) is 12.8. The van der Waals surface area contributed by atoms with Gasteiger partial charge >= 0.3 is 0 Å². The Balaban J connectivity index is 1.84. The van der Waals surface area contributed by atoms with E-state index in [1.807, 2.05) is 12.1 Å². The number of para-hydroxylation sites is 1. The van der Waals surface area contributed by atoms with Gasteiger partial charge in [0, 0.05) is 17.8 Å². The van der Waals surface area contributed by atoms with Crippen LogP contribution in [0.2, 0.25) is 0 Å². The quantitative estimate of drug-likeness (QED) is 0.891. The van der Waals surface area contributed by atoms with Gasteiger partial charge in [0.25, 0.3) is 0 Å². The Morgan fingerprint density at radius 1 is 1.14 bits per heavy atom. The van der Waals surface area contributed by atoms with Gasteiger partial charge in [0.05, 0.1) is 5.92 Å². The molecule has 106 valence electrons. The lowest BCUT2D eigenvalue weighted by atomic mass is 9.90. The third kappa shape index (κ3) is 2.76. The van der Waals surface area contributed by atoms with Gasteiger partial charge in [-0.15, -0.1) is 0 Å². The van der Waals surface area contributed by atoms with Gasteiger partial charge in [-0.3, -0.25) is 9.59 Å². The van der Waals surface area contributed by atoms with Crippen LogP contribution in [-0.2, 0) is 9.59 Å². The number of halogens is 1. The molecule has 2 amide bonds. The summed E-state index contributed by atoms with van der Waals surface area (Å²) in [5.74, 6) is -1.37. The van der Waals surface area contributed by atoms with Crippen LogP contribution in [0.25, 0.3) is 0 Å². The molecule has 4 nitrogen and oxygen atoms in total. The minimum absolute atomic E-state index is 0.101. The van der Waals surface area contributed by atoms with Gasteiger partial charge in [0.15, 0.2) is 0 Å². The highest BCUT2D eigenvalue weighted by Gasteiger charge is 2.30. The number of anilines is 2. The van der Waals surface area contributed by atoms with Gasteiger partial charge in [0.2, 0.25) is 11.8 Å². The van der Waals surface area contributed by atoms with Crippen LogP contribution in [0.15, 0.2) is 48.5 Å². The Labute approximate surface area is 121 Å². The van der Waals surface area contributed by atoms with Crippen LogP contribution in [0, 0.1) is 5.82 Å². The zero-order valence-corrected chi connectivity index (χ0v) is 11.1. The normalized spacial score (nSPS) is 16.8. The molecule has 5 heteroatoms. The third-order valence-corrected chi connectivity index (χ3v) is 3.43. The van der Waals surface area contributed by atoms with E-state index >= 15 is 0 Å². The topological polar surface area (TPSA) is 58.2 Å². The second-order valence-electron chi connectivity index (χ2n) is 4.89. The molecule has 0 spiro atoms. The average molecular weight is 284 g/mol. The lowest BCUT2D eigenvalue weighted by Gasteiger charge is -2.24. The highest BCUT2D eigenvalue weighted by molar-refractivity contribution is 6.05. The highest BCUT2D eigenvalue weighted by atomic mass is 19.1. The van der Waals surface area contributed by atoms with Crippen LogP contribution < -0.4 is 10.6 Å². The molecule has 1 heterocycles. The minimum Gasteiger partial charge on any atom is -0.326 e. The Morgan fingerprint density at radius 3 is 2.62 bits per heavy atom. The fraction of sp³-hybridized carbons (Fsp3) is 0.125. The van der Waals surface area contributed by atoms with E-state index in [4.69, 9.17) is 0 Å². The number of benzene rings is 2. The van der Waals surface area contributed by atoms with Crippen LogP contribution in [0.3, 0.4) is 0 Å². The van der Waals surface area contributed by atoms with Crippen molar-refractivity contribution in [2.75, 3.05) is 10.6 Å². The molecule has 2 aromatic rings. The number of carbonyl (C=O) groups is 2. The maximum Gasteiger partial charge on any atom is 0.232 e. The Morgan fingerprint density at radius 2 is 1.86 bits per heavy atom. The summed E-state index contributed by atoms with van der Waals surface area (Å²) < 4.78 is 12.9. The number of hydrogen-bond donors (Lipinski definition) is 2. The van der Waals surface area contributed by atoms with Gasteiger partial charge in [-0.05, 0) is 35.9 Å². The number of nitrogens with one attached hydrogen (secondary N) is 2. The maximum atomic E-state index is 12.9. The van der Waals surface area contributed by atoms with Crippen molar-refractivity contribution in [3.8, 4) is 0 Å². The summed E-state index contributed by atoms with van der Waals surface area (Å²) in [5, 5.41) is 5.46.